The molecule has 2 aromatic carbocycles. The molecule has 2 rings (SSSR count). The van der Waals surface area contributed by atoms with Crippen molar-refractivity contribution in [2.24, 2.45) is 0 Å². The minimum absolute atomic E-state index is 0.328. The second kappa shape index (κ2) is 7.71. The fourth-order valence-corrected chi connectivity index (χ4v) is 2.30. The second-order valence-electron chi connectivity index (χ2n) is 5.28. The van der Waals surface area contributed by atoms with Crippen LogP contribution in [0.15, 0.2) is 60.7 Å². The van der Waals surface area contributed by atoms with Crippen molar-refractivity contribution in [3.05, 3.63) is 66.2 Å². The summed E-state index contributed by atoms with van der Waals surface area (Å²) < 4.78 is 5.76. The van der Waals surface area contributed by atoms with E-state index in [1.165, 1.54) is 5.56 Å². The lowest BCUT2D eigenvalue weighted by Gasteiger charge is -2.20. The maximum Gasteiger partial charge on any atom is 0.119 e. The minimum Gasteiger partial charge on any atom is -0.492 e. The van der Waals surface area contributed by atoms with E-state index in [0.29, 0.717) is 18.7 Å². The highest BCUT2D eigenvalue weighted by Crippen LogP contribution is 2.09. The number of benzene rings is 2. The van der Waals surface area contributed by atoms with Gasteiger partial charge in [-0.1, -0.05) is 48.5 Å². The van der Waals surface area contributed by atoms with Crippen LogP contribution in [0.1, 0.15) is 19.4 Å². The molecule has 2 nitrogen and oxygen atoms in total. The van der Waals surface area contributed by atoms with Gasteiger partial charge in [-0.15, -0.1) is 0 Å². The summed E-state index contributed by atoms with van der Waals surface area (Å²) in [5, 5.41) is 3.57. The number of para-hydroxylation sites is 1. The number of nitrogens with one attached hydrogen (secondary N) is 1. The Morgan fingerprint density at radius 2 is 1.45 bits per heavy atom. The molecule has 0 saturated carbocycles. The average molecular weight is 269 g/mol. The van der Waals surface area contributed by atoms with Crippen molar-refractivity contribution in [2.45, 2.75) is 32.4 Å². The molecule has 0 aliphatic heterocycles. The predicted molar refractivity (Wildman–Crippen MR) is 84.1 cm³/mol. The second-order valence-corrected chi connectivity index (χ2v) is 5.28. The van der Waals surface area contributed by atoms with Crippen LogP contribution in [0.4, 0.5) is 0 Å². The van der Waals surface area contributed by atoms with Crippen molar-refractivity contribution in [2.75, 3.05) is 6.61 Å². The highest BCUT2D eigenvalue weighted by Gasteiger charge is 2.08. The number of hydrogen-bond acceptors (Lipinski definition) is 2. The Balaban J connectivity index is 1.72. The third-order valence-corrected chi connectivity index (χ3v) is 3.20. The summed E-state index contributed by atoms with van der Waals surface area (Å²) in [6, 6.07) is 21.3. The summed E-state index contributed by atoms with van der Waals surface area (Å²) >= 11 is 0. The molecular formula is C18H23NO. The Kier molecular flexibility index (Phi) is 5.63. The summed E-state index contributed by atoms with van der Waals surface area (Å²) in [7, 11) is 0. The van der Waals surface area contributed by atoms with Crippen molar-refractivity contribution in [3.63, 3.8) is 0 Å². The Labute approximate surface area is 121 Å². The van der Waals surface area contributed by atoms with Gasteiger partial charge in [-0.25, -0.2) is 0 Å². The molecule has 0 fully saturated rings. The summed E-state index contributed by atoms with van der Waals surface area (Å²) in [6.07, 6.45) is 1.04. The molecule has 2 atom stereocenters. The van der Waals surface area contributed by atoms with Crippen LogP contribution in [-0.4, -0.2) is 18.7 Å². The van der Waals surface area contributed by atoms with Gasteiger partial charge in [0.05, 0.1) is 0 Å². The SMILES string of the molecule is C[C@H](COc1ccccc1)N[C@H](C)Cc1ccccc1. The first-order valence-electron chi connectivity index (χ1n) is 7.22. The first kappa shape index (κ1) is 14.6. The number of hydrogen-bond donors (Lipinski definition) is 1. The first-order chi connectivity index (χ1) is 9.74. The Bertz CT molecular complexity index is 483. The maximum absolute atomic E-state index is 5.76. The summed E-state index contributed by atoms with van der Waals surface area (Å²) in [5.41, 5.74) is 1.36. The quantitative estimate of drug-likeness (QED) is 0.828. The van der Waals surface area contributed by atoms with Gasteiger partial charge in [0.15, 0.2) is 0 Å². The molecule has 106 valence electrons. The summed E-state index contributed by atoms with van der Waals surface area (Å²) in [5.74, 6) is 0.928. The molecule has 0 bridgehead atoms. The summed E-state index contributed by atoms with van der Waals surface area (Å²) in [6.45, 7) is 5.06. The van der Waals surface area contributed by atoms with Gasteiger partial charge in [0.1, 0.15) is 12.4 Å². The van der Waals surface area contributed by atoms with E-state index in [0.717, 1.165) is 12.2 Å². The number of ether oxygens (including phenoxy) is 1. The van der Waals surface area contributed by atoms with Crippen molar-refractivity contribution in [1.29, 1.82) is 0 Å². The third kappa shape index (κ3) is 5.06. The van der Waals surface area contributed by atoms with E-state index in [1.807, 2.05) is 30.3 Å². The van der Waals surface area contributed by atoms with E-state index in [2.05, 4.69) is 49.5 Å². The molecule has 1 N–H and O–H groups in total. The van der Waals surface area contributed by atoms with Gasteiger partial charge >= 0.3 is 0 Å². The molecule has 0 aliphatic carbocycles. The minimum atomic E-state index is 0.328. The molecule has 0 aliphatic rings. The molecule has 0 saturated heterocycles. The molecule has 0 aromatic heterocycles. The van der Waals surface area contributed by atoms with Crippen LogP contribution in [0.3, 0.4) is 0 Å². The maximum atomic E-state index is 5.76. The fourth-order valence-electron chi connectivity index (χ4n) is 2.30. The van der Waals surface area contributed by atoms with E-state index < -0.39 is 0 Å². The molecule has 20 heavy (non-hydrogen) atoms. The van der Waals surface area contributed by atoms with Crippen LogP contribution >= 0.6 is 0 Å². The van der Waals surface area contributed by atoms with E-state index in [-0.39, 0.29) is 0 Å². The lowest BCUT2D eigenvalue weighted by atomic mass is 10.1. The standard InChI is InChI=1S/C18H23NO/c1-15(13-17-9-5-3-6-10-17)19-16(2)14-20-18-11-7-4-8-12-18/h3-12,15-16,19H,13-14H2,1-2H3/t15-,16-/m1/s1. The van der Waals surface area contributed by atoms with Gasteiger partial charge in [0.25, 0.3) is 0 Å². The Hall–Kier alpha value is -1.80. The normalized spacial score (nSPS) is 13.7. The van der Waals surface area contributed by atoms with Crippen LogP contribution in [0.25, 0.3) is 0 Å². The van der Waals surface area contributed by atoms with Crippen molar-refractivity contribution in [1.82, 2.24) is 5.32 Å². The van der Waals surface area contributed by atoms with Gasteiger partial charge in [-0.2, -0.15) is 0 Å². The molecular weight excluding hydrogens is 246 g/mol. The highest BCUT2D eigenvalue weighted by atomic mass is 16.5. The van der Waals surface area contributed by atoms with Crippen LogP contribution in [0.5, 0.6) is 5.75 Å². The van der Waals surface area contributed by atoms with Gasteiger partial charge in [-0.3, -0.25) is 0 Å². The van der Waals surface area contributed by atoms with E-state index in [4.69, 9.17) is 4.74 Å². The molecule has 0 amide bonds. The van der Waals surface area contributed by atoms with E-state index >= 15 is 0 Å². The smallest absolute Gasteiger partial charge is 0.119 e. The third-order valence-electron chi connectivity index (χ3n) is 3.20. The van der Waals surface area contributed by atoms with Gasteiger partial charge in [0.2, 0.25) is 0 Å². The molecule has 2 heteroatoms. The molecule has 0 radical (unpaired) electrons. The van der Waals surface area contributed by atoms with E-state index in [1.54, 1.807) is 0 Å². The monoisotopic (exact) mass is 269 g/mol. The zero-order valence-electron chi connectivity index (χ0n) is 12.3. The fraction of sp³-hybridized carbons (Fsp3) is 0.333. The molecule has 0 heterocycles. The number of rotatable bonds is 7. The van der Waals surface area contributed by atoms with Crippen LogP contribution in [0.2, 0.25) is 0 Å². The molecule has 0 unspecified atom stereocenters. The highest BCUT2D eigenvalue weighted by molar-refractivity contribution is 5.21. The largest absolute Gasteiger partial charge is 0.492 e. The van der Waals surface area contributed by atoms with Crippen LogP contribution < -0.4 is 10.1 Å². The van der Waals surface area contributed by atoms with Crippen LogP contribution in [-0.2, 0) is 6.42 Å². The molecule has 0 spiro atoms. The summed E-state index contributed by atoms with van der Waals surface area (Å²) in [4.78, 5) is 0. The van der Waals surface area contributed by atoms with Gasteiger partial charge in [0, 0.05) is 12.1 Å². The van der Waals surface area contributed by atoms with Crippen molar-refractivity contribution in [3.8, 4) is 5.75 Å². The zero-order chi connectivity index (χ0) is 14.2. The predicted octanol–water partition coefficient (Wildman–Crippen LogP) is 3.67. The van der Waals surface area contributed by atoms with E-state index in [9.17, 15) is 0 Å². The average Bonchev–Trinajstić information content (AvgIpc) is 2.47. The Morgan fingerprint density at radius 1 is 0.850 bits per heavy atom. The van der Waals surface area contributed by atoms with Crippen molar-refractivity contribution >= 4 is 0 Å². The molecule has 2 aromatic rings. The lowest BCUT2D eigenvalue weighted by molar-refractivity contribution is 0.263. The lowest BCUT2D eigenvalue weighted by Crippen LogP contribution is -2.39. The van der Waals surface area contributed by atoms with Crippen molar-refractivity contribution < 1.29 is 4.74 Å². The topological polar surface area (TPSA) is 21.3 Å². The zero-order valence-corrected chi connectivity index (χ0v) is 12.3. The van der Waals surface area contributed by atoms with Gasteiger partial charge < -0.3 is 10.1 Å². The van der Waals surface area contributed by atoms with Crippen LogP contribution in [0, 0.1) is 0 Å². The van der Waals surface area contributed by atoms with Gasteiger partial charge in [-0.05, 0) is 38.0 Å². The Morgan fingerprint density at radius 3 is 2.10 bits per heavy atom. The first-order valence-corrected chi connectivity index (χ1v) is 7.22.